The van der Waals surface area contributed by atoms with E-state index in [-0.39, 0.29) is 24.0 Å². The number of carbonyl (C=O) groups is 2. The molecule has 0 heterocycles. The molecule has 0 aliphatic rings. The first-order valence-corrected chi connectivity index (χ1v) is 7.13. The lowest BCUT2D eigenvalue weighted by Crippen LogP contribution is -2.47. The van der Waals surface area contributed by atoms with E-state index in [0.717, 1.165) is 0 Å². The van der Waals surface area contributed by atoms with E-state index in [9.17, 15) is 19.7 Å². The van der Waals surface area contributed by atoms with Gasteiger partial charge in [0.05, 0.1) is 18.1 Å². The minimum absolute atomic E-state index is 0.0933. The first kappa shape index (κ1) is 18.4. The molecule has 0 aliphatic carbocycles. The third kappa shape index (κ3) is 5.57. The van der Waals surface area contributed by atoms with Crippen LogP contribution in [-0.4, -0.2) is 36.6 Å². The van der Waals surface area contributed by atoms with Crippen LogP contribution in [0.15, 0.2) is 24.3 Å². The van der Waals surface area contributed by atoms with Crippen molar-refractivity contribution in [2.45, 2.75) is 26.3 Å². The van der Waals surface area contributed by atoms with Crippen LogP contribution in [0.4, 0.5) is 5.69 Å². The lowest BCUT2D eigenvalue weighted by atomic mass is 9.99. The van der Waals surface area contributed by atoms with Gasteiger partial charge >= 0.3 is 5.97 Å². The normalized spacial score (nSPS) is 12.8. The third-order valence-electron chi connectivity index (χ3n) is 3.38. The Balaban J connectivity index is 2.63. The molecule has 0 aliphatic heterocycles. The number of esters is 1. The number of non-ortho nitro benzene ring substituents is 1. The van der Waals surface area contributed by atoms with Crippen LogP contribution in [0, 0.1) is 16.0 Å². The molecule has 1 rings (SSSR count). The fraction of sp³-hybridized carbons (Fsp3) is 0.467. The van der Waals surface area contributed by atoms with Gasteiger partial charge in [0.25, 0.3) is 11.6 Å². The summed E-state index contributed by atoms with van der Waals surface area (Å²) in [5.74, 6) is -0.924. The van der Waals surface area contributed by atoms with Crippen LogP contribution in [0.5, 0.6) is 5.75 Å². The van der Waals surface area contributed by atoms with E-state index in [1.165, 1.54) is 31.4 Å². The van der Waals surface area contributed by atoms with E-state index >= 15 is 0 Å². The molecule has 126 valence electrons. The van der Waals surface area contributed by atoms with E-state index in [1.807, 2.05) is 13.8 Å². The zero-order chi connectivity index (χ0) is 17.4. The van der Waals surface area contributed by atoms with Gasteiger partial charge in [0.2, 0.25) is 0 Å². The second kappa shape index (κ2) is 8.72. The van der Waals surface area contributed by atoms with Gasteiger partial charge in [-0.2, -0.15) is 0 Å². The van der Waals surface area contributed by atoms with E-state index in [4.69, 9.17) is 4.74 Å². The molecule has 8 heteroatoms. The Bertz CT molecular complexity index is 575. The molecule has 8 nitrogen and oxygen atoms in total. The summed E-state index contributed by atoms with van der Waals surface area (Å²) in [6.45, 7) is 3.36. The summed E-state index contributed by atoms with van der Waals surface area (Å²) in [6.07, 6.45) is 0.686. The Morgan fingerprint density at radius 3 is 2.65 bits per heavy atom. The molecule has 0 aromatic heterocycles. The molecular weight excluding hydrogens is 304 g/mol. The van der Waals surface area contributed by atoms with Gasteiger partial charge in [-0.25, -0.2) is 4.79 Å². The molecule has 0 bridgehead atoms. The minimum Gasteiger partial charge on any atom is -0.484 e. The monoisotopic (exact) mass is 324 g/mol. The fourth-order valence-electron chi connectivity index (χ4n) is 1.85. The number of nitrogens with one attached hydrogen (secondary N) is 1. The molecular formula is C15H20N2O6. The molecule has 0 saturated heterocycles. The quantitative estimate of drug-likeness (QED) is 0.443. The molecule has 0 spiro atoms. The number of carbonyl (C=O) groups excluding carboxylic acids is 2. The van der Waals surface area contributed by atoms with Crippen LogP contribution in [0.3, 0.4) is 0 Å². The molecule has 0 unspecified atom stereocenters. The van der Waals surface area contributed by atoms with Crippen molar-refractivity contribution in [1.82, 2.24) is 5.32 Å². The van der Waals surface area contributed by atoms with Crippen molar-refractivity contribution in [3.05, 3.63) is 34.4 Å². The molecule has 1 N–H and O–H groups in total. The van der Waals surface area contributed by atoms with Gasteiger partial charge < -0.3 is 14.8 Å². The average molecular weight is 324 g/mol. The summed E-state index contributed by atoms with van der Waals surface area (Å²) < 4.78 is 9.89. The van der Waals surface area contributed by atoms with E-state index in [0.29, 0.717) is 6.42 Å². The summed E-state index contributed by atoms with van der Waals surface area (Å²) in [5, 5.41) is 13.2. The second-order valence-electron chi connectivity index (χ2n) is 5.00. The van der Waals surface area contributed by atoms with Gasteiger partial charge in [-0.05, 0) is 12.0 Å². The van der Waals surface area contributed by atoms with Gasteiger partial charge in [0.1, 0.15) is 11.8 Å². The lowest BCUT2D eigenvalue weighted by molar-refractivity contribution is -0.384. The highest BCUT2D eigenvalue weighted by molar-refractivity contribution is 5.85. The first-order chi connectivity index (χ1) is 10.9. The van der Waals surface area contributed by atoms with Crippen LogP contribution in [0.2, 0.25) is 0 Å². The van der Waals surface area contributed by atoms with E-state index < -0.39 is 22.8 Å². The summed E-state index contributed by atoms with van der Waals surface area (Å²) in [5.41, 5.74) is -0.130. The Labute approximate surface area is 133 Å². The Morgan fingerprint density at radius 1 is 1.39 bits per heavy atom. The predicted octanol–water partition coefficient (Wildman–Crippen LogP) is 1.68. The number of amides is 1. The number of benzene rings is 1. The highest BCUT2D eigenvalue weighted by atomic mass is 16.6. The number of methoxy groups -OCH3 is 1. The van der Waals surface area contributed by atoms with Crippen molar-refractivity contribution in [2.75, 3.05) is 13.7 Å². The zero-order valence-corrected chi connectivity index (χ0v) is 13.3. The Kier molecular flexibility index (Phi) is 6.98. The van der Waals surface area contributed by atoms with Crippen molar-refractivity contribution < 1.29 is 24.0 Å². The third-order valence-corrected chi connectivity index (χ3v) is 3.38. The number of hydrogen-bond donors (Lipinski definition) is 1. The number of rotatable bonds is 8. The molecule has 1 aromatic rings. The predicted molar refractivity (Wildman–Crippen MR) is 82.0 cm³/mol. The SMILES string of the molecule is CC[C@@H](C)[C@@H](NC(=O)COc1cccc([N+](=O)[O-])c1)C(=O)OC. The number of nitrogens with zero attached hydrogens (tertiary/aromatic N) is 1. The molecule has 2 atom stereocenters. The molecule has 1 aromatic carbocycles. The maximum atomic E-state index is 11.9. The van der Waals surface area contributed by atoms with Gasteiger partial charge in [-0.3, -0.25) is 14.9 Å². The Morgan fingerprint density at radius 2 is 2.09 bits per heavy atom. The largest absolute Gasteiger partial charge is 0.484 e. The topological polar surface area (TPSA) is 108 Å². The highest BCUT2D eigenvalue weighted by Gasteiger charge is 2.26. The molecule has 1 amide bonds. The van der Waals surface area contributed by atoms with Crippen LogP contribution in [-0.2, 0) is 14.3 Å². The maximum absolute atomic E-state index is 11.9. The van der Waals surface area contributed by atoms with Crippen molar-refractivity contribution in [2.24, 2.45) is 5.92 Å². The van der Waals surface area contributed by atoms with Crippen LogP contribution in [0.25, 0.3) is 0 Å². The summed E-state index contributed by atoms with van der Waals surface area (Å²) in [7, 11) is 1.25. The summed E-state index contributed by atoms with van der Waals surface area (Å²) in [6, 6.07) is 4.75. The molecule has 0 fully saturated rings. The number of hydrogen-bond acceptors (Lipinski definition) is 6. The molecule has 23 heavy (non-hydrogen) atoms. The number of nitro groups is 1. The molecule has 0 saturated carbocycles. The average Bonchev–Trinajstić information content (AvgIpc) is 2.56. The van der Waals surface area contributed by atoms with Gasteiger partial charge in [0, 0.05) is 6.07 Å². The van der Waals surface area contributed by atoms with E-state index in [2.05, 4.69) is 10.1 Å². The van der Waals surface area contributed by atoms with Crippen molar-refractivity contribution in [3.63, 3.8) is 0 Å². The highest BCUT2D eigenvalue weighted by Crippen LogP contribution is 2.19. The first-order valence-electron chi connectivity index (χ1n) is 7.13. The number of nitro benzene ring substituents is 1. The van der Waals surface area contributed by atoms with E-state index in [1.54, 1.807) is 0 Å². The lowest BCUT2D eigenvalue weighted by Gasteiger charge is -2.21. The standard InChI is InChI=1S/C15H20N2O6/c1-4-10(2)14(15(19)22-3)16-13(18)9-23-12-7-5-6-11(8-12)17(20)21/h5-8,10,14H,4,9H2,1-3H3,(H,16,18)/t10-,14-/m1/s1. The van der Waals surface area contributed by atoms with Crippen LogP contribution in [0.1, 0.15) is 20.3 Å². The van der Waals surface area contributed by atoms with Gasteiger partial charge in [-0.15, -0.1) is 0 Å². The number of ether oxygens (including phenoxy) is 2. The van der Waals surface area contributed by atoms with Gasteiger partial charge in [-0.1, -0.05) is 26.3 Å². The molecule has 0 radical (unpaired) electrons. The smallest absolute Gasteiger partial charge is 0.328 e. The fourth-order valence-corrected chi connectivity index (χ4v) is 1.85. The zero-order valence-electron chi connectivity index (χ0n) is 13.3. The summed E-state index contributed by atoms with van der Waals surface area (Å²) in [4.78, 5) is 33.7. The maximum Gasteiger partial charge on any atom is 0.328 e. The van der Waals surface area contributed by atoms with Crippen molar-refractivity contribution >= 4 is 17.6 Å². The minimum atomic E-state index is -0.758. The van der Waals surface area contributed by atoms with Crippen LogP contribution < -0.4 is 10.1 Å². The van der Waals surface area contributed by atoms with Crippen LogP contribution >= 0.6 is 0 Å². The van der Waals surface area contributed by atoms with Crippen molar-refractivity contribution in [1.29, 1.82) is 0 Å². The van der Waals surface area contributed by atoms with Crippen molar-refractivity contribution in [3.8, 4) is 5.75 Å². The Hall–Kier alpha value is -2.64. The second-order valence-corrected chi connectivity index (χ2v) is 5.00. The van der Waals surface area contributed by atoms with Gasteiger partial charge in [0.15, 0.2) is 6.61 Å². The summed E-state index contributed by atoms with van der Waals surface area (Å²) >= 11 is 0.